The number of pyridine rings is 1. The minimum atomic E-state index is -4.47. The Morgan fingerprint density at radius 2 is 2.00 bits per heavy atom. The summed E-state index contributed by atoms with van der Waals surface area (Å²) in [5.74, 6) is 0. The van der Waals surface area contributed by atoms with Crippen molar-refractivity contribution in [2.24, 2.45) is 5.73 Å². The molecule has 0 fully saturated rings. The van der Waals surface area contributed by atoms with Crippen LogP contribution < -0.4 is 5.73 Å². The first kappa shape index (κ1) is 16.2. The van der Waals surface area contributed by atoms with Crippen molar-refractivity contribution in [2.75, 3.05) is 6.54 Å². The molecule has 0 bridgehead atoms. The van der Waals surface area contributed by atoms with Gasteiger partial charge in [-0.2, -0.15) is 13.2 Å². The number of nitrogens with two attached hydrogens (primary N) is 1. The van der Waals surface area contributed by atoms with Crippen LogP contribution in [0, 0.1) is 3.57 Å². The minimum absolute atomic E-state index is 0. The van der Waals surface area contributed by atoms with Crippen LogP contribution in [0.15, 0.2) is 6.07 Å². The maximum absolute atomic E-state index is 12.3. The van der Waals surface area contributed by atoms with E-state index in [-0.39, 0.29) is 17.6 Å². The van der Waals surface area contributed by atoms with Gasteiger partial charge in [-0.1, -0.05) is 11.6 Å². The number of aromatic nitrogens is 1. The molecule has 1 heterocycles. The maximum atomic E-state index is 12.3. The van der Waals surface area contributed by atoms with Gasteiger partial charge in [0.15, 0.2) is 0 Å². The Morgan fingerprint density at radius 3 is 2.38 bits per heavy atom. The van der Waals surface area contributed by atoms with Crippen LogP contribution in [0.25, 0.3) is 0 Å². The van der Waals surface area contributed by atoms with Crippen LogP contribution in [0.2, 0.25) is 5.15 Å². The third-order valence-electron chi connectivity index (χ3n) is 1.70. The van der Waals surface area contributed by atoms with Gasteiger partial charge in [-0.3, -0.25) is 0 Å². The van der Waals surface area contributed by atoms with E-state index in [0.29, 0.717) is 22.1 Å². The molecule has 0 aliphatic heterocycles. The van der Waals surface area contributed by atoms with Crippen molar-refractivity contribution in [1.82, 2.24) is 4.98 Å². The predicted molar refractivity (Wildman–Crippen MR) is 67.0 cm³/mol. The summed E-state index contributed by atoms with van der Waals surface area (Å²) in [6.07, 6.45) is -4.05. The Morgan fingerprint density at radius 1 is 1.44 bits per heavy atom. The Kier molecular flexibility index (Phi) is 6.31. The molecule has 92 valence electrons. The summed E-state index contributed by atoms with van der Waals surface area (Å²) >= 11 is 7.44. The van der Waals surface area contributed by atoms with Crippen molar-refractivity contribution in [1.29, 1.82) is 0 Å². The lowest BCUT2D eigenvalue weighted by Gasteiger charge is -2.10. The standard InChI is InChI=1S/C8H7ClF3IN2.ClH/c9-7-4(1-2-14)5(13)3-6(15-7)8(10,11)12;/h3H,1-2,14H2;1H. The minimum Gasteiger partial charge on any atom is -0.330 e. The van der Waals surface area contributed by atoms with Crippen molar-refractivity contribution in [3.63, 3.8) is 0 Å². The summed E-state index contributed by atoms with van der Waals surface area (Å²) in [6, 6.07) is 0.970. The fourth-order valence-corrected chi connectivity index (χ4v) is 2.29. The molecule has 1 aromatic heterocycles. The zero-order valence-electron chi connectivity index (χ0n) is 7.81. The van der Waals surface area contributed by atoms with Crippen LogP contribution in [-0.4, -0.2) is 11.5 Å². The van der Waals surface area contributed by atoms with Gasteiger partial charge in [-0.25, -0.2) is 4.98 Å². The first-order chi connectivity index (χ1) is 6.86. The highest BCUT2D eigenvalue weighted by Gasteiger charge is 2.33. The highest BCUT2D eigenvalue weighted by Crippen LogP contribution is 2.31. The van der Waals surface area contributed by atoms with E-state index in [2.05, 4.69) is 4.98 Å². The van der Waals surface area contributed by atoms with Gasteiger partial charge in [0.1, 0.15) is 10.8 Å². The van der Waals surface area contributed by atoms with E-state index in [0.717, 1.165) is 6.07 Å². The Hall–Kier alpha value is 0.210. The summed E-state index contributed by atoms with van der Waals surface area (Å²) in [7, 11) is 0. The van der Waals surface area contributed by atoms with Crippen LogP contribution in [0.4, 0.5) is 13.2 Å². The lowest BCUT2D eigenvalue weighted by atomic mass is 10.2. The second kappa shape index (κ2) is 6.23. The van der Waals surface area contributed by atoms with Gasteiger partial charge in [-0.15, -0.1) is 12.4 Å². The van der Waals surface area contributed by atoms with Crippen molar-refractivity contribution >= 4 is 46.6 Å². The van der Waals surface area contributed by atoms with E-state index in [1.54, 1.807) is 22.6 Å². The molecule has 1 rings (SSSR count). The summed E-state index contributed by atoms with van der Waals surface area (Å²) in [5, 5.41) is -0.125. The second-order valence-corrected chi connectivity index (χ2v) is 4.32. The zero-order valence-corrected chi connectivity index (χ0v) is 11.5. The van der Waals surface area contributed by atoms with Crippen LogP contribution in [0.1, 0.15) is 11.3 Å². The largest absolute Gasteiger partial charge is 0.433 e. The SMILES string of the molecule is Cl.NCCc1c(I)cc(C(F)(F)F)nc1Cl. The van der Waals surface area contributed by atoms with E-state index in [9.17, 15) is 13.2 Å². The fraction of sp³-hybridized carbons (Fsp3) is 0.375. The van der Waals surface area contributed by atoms with Crippen molar-refractivity contribution in [2.45, 2.75) is 12.6 Å². The van der Waals surface area contributed by atoms with Crippen molar-refractivity contribution in [3.8, 4) is 0 Å². The van der Waals surface area contributed by atoms with Crippen molar-refractivity contribution < 1.29 is 13.2 Å². The van der Waals surface area contributed by atoms with Gasteiger partial charge in [-0.05, 0) is 41.6 Å². The molecular formula is C8H8Cl2F3IN2. The normalized spacial score (nSPS) is 11.1. The van der Waals surface area contributed by atoms with Crippen molar-refractivity contribution in [3.05, 3.63) is 26.0 Å². The zero-order chi connectivity index (χ0) is 11.6. The molecular weight excluding hydrogens is 379 g/mol. The van der Waals surface area contributed by atoms with E-state index in [4.69, 9.17) is 17.3 Å². The van der Waals surface area contributed by atoms with Crippen LogP contribution in [0.5, 0.6) is 0 Å². The van der Waals surface area contributed by atoms with Gasteiger partial charge >= 0.3 is 6.18 Å². The molecule has 2 N–H and O–H groups in total. The summed E-state index contributed by atoms with van der Waals surface area (Å²) in [4.78, 5) is 3.30. The molecule has 0 saturated heterocycles. The molecule has 1 aromatic rings. The number of alkyl halides is 3. The molecule has 0 spiro atoms. The third-order valence-corrected chi connectivity index (χ3v) is 2.98. The fourth-order valence-electron chi connectivity index (χ4n) is 1.02. The quantitative estimate of drug-likeness (QED) is 0.625. The van der Waals surface area contributed by atoms with Gasteiger partial charge in [0, 0.05) is 9.13 Å². The molecule has 0 saturated carbocycles. The number of hydrogen-bond acceptors (Lipinski definition) is 2. The molecule has 0 aromatic carbocycles. The number of rotatable bonds is 2. The molecule has 0 radical (unpaired) electrons. The molecule has 0 aliphatic rings. The smallest absolute Gasteiger partial charge is 0.330 e. The van der Waals surface area contributed by atoms with E-state index in [1.165, 1.54) is 0 Å². The average molecular weight is 387 g/mol. The Labute approximate surface area is 115 Å². The molecule has 2 nitrogen and oxygen atoms in total. The molecule has 0 unspecified atom stereocenters. The first-order valence-corrected chi connectivity index (χ1v) is 5.44. The number of halogens is 6. The second-order valence-electron chi connectivity index (χ2n) is 2.80. The molecule has 16 heavy (non-hydrogen) atoms. The lowest BCUT2D eigenvalue weighted by molar-refractivity contribution is -0.141. The summed E-state index contributed by atoms with van der Waals surface area (Å²) < 4.78 is 37.4. The summed E-state index contributed by atoms with van der Waals surface area (Å²) in [6.45, 7) is 0.322. The first-order valence-electron chi connectivity index (χ1n) is 3.98. The Bertz CT molecular complexity index is 348. The summed E-state index contributed by atoms with van der Waals surface area (Å²) in [5.41, 5.74) is 4.90. The predicted octanol–water partition coefficient (Wildman–Crippen LogP) is 3.28. The topological polar surface area (TPSA) is 38.9 Å². The van der Waals surface area contributed by atoms with Gasteiger partial charge < -0.3 is 5.73 Å². The van der Waals surface area contributed by atoms with Crippen LogP contribution >= 0.6 is 46.6 Å². The van der Waals surface area contributed by atoms with E-state index >= 15 is 0 Å². The third kappa shape index (κ3) is 3.90. The number of nitrogens with zero attached hydrogens (tertiary/aromatic N) is 1. The molecule has 8 heteroatoms. The molecule has 0 amide bonds. The van der Waals surface area contributed by atoms with Crippen LogP contribution in [0.3, 0.4) is 0 Å². The van der Waals surface area contributed by atoms with Gasteiger partial charge in [0.25, 0.3) is 0 Å². The van der Waals surface area contributed by atoms with Crippen LogP contribution in [-0.2, 0) is 12.6 Å². The molecule has 0 aliphatic carbocycles. The lowest BCUT2D eigenvalue weighted by Crippen LogP contribution is -2.12. The van der Waals surface area contributed by atoms with E-state index in [1.807, 2.05) is 0 Å². The molecule has 0 atom stereocenters. The maximum Gasteiger partial charge on any atom is 0.433 e. The average Bonchev–Trinajstić information content (AvgIpc) is 2.09. The Balaban J connectivity index is 0.00000225. The monoisotopic (exact) mass is 386 g/mol. The number of hydrogen-bond donors (Lipinski definition) is 1. The highest BCUT2D eigenvalue weighted by atomic mass is 127. The van der Waals surface area contributed by atoms with Gasteiger partial charge in [0.2, 0.25) is 0 Å². The van der Waals surface area contributed by atoms with E-state index < -0.39 is 11.9 Å². The van der Waals surface area contributed by atoms with Gasteiger partial charge in [0.05, 0.1) is 0 Å². The highest BCUT2D eigenvalue weighted by molar-refractivity contribution is 14.1.